The highest BCUT2D eigenvalue weighted by molar-refractivity contribution is 7.81. The predicted octanol–water partition coefficient (Wildman–Crippen LogP) is 5.06. The summed E-state index contributed by atoms with van der Waals surface area (Å²) in [5, 5.41) is 11.1. The number of hydrogen-bond acceptors (Lipinski definition) is 6. The van der Waals surface area contributed by atoms with Crippen LogP contribution in [0.2, 0.25) is 0 Å². The fourth-order valence-electron chi connectivity index (χ4n) is 8.35. The molecule has 1 aromatic heterocycles. The molecule has 3 saturated carbocycles. The van der Waals surface area contributed by atoms with Gasteiger partial charge in [-0.2, -0.15) is 12.6 Å². The van der Waals surface area contributed by atoms with Crippen molar-refractivity contribution in [3.05, 3.63) is 48.0 Å². The van der Waals surface area contributed by atoms with Gasteiger partial charge in [-0.15, -0.1) is 0 Å². The number of rotatable bonds is 3. The first-order valence-corrected chi connectivity index (χ1v) is 12.8. The first-order valence-electron chi connectivity index (χ1n) is 12.2. The summed E-state index contributed by atoms with van der Waals surface area (Å²) >= 11 is 4.75. The lowest BCUT2D eigenvalue weighted by Crippen LogP contribution is -2.70. The molecule has 0 aromatic carbocycles. The third kappa shape index (κ3) is 2.95. The van der Waals surface area contributed by atoms with E-state index in [0.29, 0.717) is 6.42 Å². The second-order valence-corrected chi connectivity index (χ2v) is 12.1. The smallest absolute Gasteiger partial charge is 0.374 e. The number of aliphatic hydroxyl groups is 1. The minimum atomic E-state index is -2.18. The normalized spacial score (nSPS) is 47.4. The number of thiol groups is 1. The van der Waals surface area contributed by atoms with Gasteiger partial charge in [0.25, 0.3) is 0 Å². The number of alkyl halides is 2. The molecule has 0 amide bonds. The fraction of sp³-hybridized carbons (Fsp3) is 0.630. The Hall–Kier alpha value is -1.93. The molecule has 190 valence electrons. The number of carbonyl (C=O) groups is 2. The summed E-state index contributed by atoms with van der Waals surface area (Å²) in [5.41, 5.74) is -5.55. The van der Waals surface area contributed by atoms with Crippen LogP contribution in [-0.2, 0) is 9.53 Å². The van der Waals surface area contributed by atoms with Crippen LogP contribution in [0.5, 0.6) is 0 Å². The molecule has 5 nitrogen and oxygen atoms in total. The largest absolute Gasteiger partial charge is 0.457 e. The molecular formula is C27H32F2O5S. The third-order valence-corrected chi connectivity index (χ3v) is 10.2. The highest BCUT2D eigenvalue weighted by Crippen LogP contribution is 2.72. The lowest BCUT2D eigenvalue weighted by molar-refractivity contribution is -0.224. The molecule has 0 saturated heterocycles. The van der Waals surface area contributed by atoms with Crippen molar-refractivity contribution in [1.29, 1.82) is 0 Å². The monoisotopic (exact) mass is 506 g/mol. The van der Waals surface area contributed by atoms with E-state index >= 15 is 8.78 Å². The van der Waals surface area contributed by atoms with E-state index in [1.54, 1.807) is 13.0 Å². The van der Waals surface area contributed by atoms with E-state index in [1.165, 1.54) is 30.6 Å². The average molecular weight is 507 g/mol. The van der Waals surface area contributed by atoms with Crippen molar-refractivity contribution < 1.29 is 32.6 Å². The van der Waals surface area contributed by atoms with Crippen molar-refractivity contribution in [2.24, 2.45) is 28.6 Å². The Bertz CT molecular complexity index is 1110. The minimum absolute atomic E-state index is 0.00690. The van der Waals surface area contributed by atoms with Gasteiger partial charge in [-0.05, 0) is 74.8 Å². The van der Waals surface area contributed by atoms with Gasteiger partial charge in [-0.3, -0.25) is 4.79 Å². The Morgan fingerprint density at radius 2 is 2.03 bits per heavy atom. The molecule has 8 heteroatoms. The average Bonchev–Trinajstić information content (AvgIpc) is 3.39. The predicted molar refractivity (Wildman–Crippen MR) is 128 cm³/mol. The van der Waals surface area contributed by atoms with Gasteiger partial charge in [0.2, 0.25) is 5.76 Å². The van der Waals surface area contributed by atoms with Crippen molar-refractivity contribution in [3.63, 3.8) is 0 Å². The number of aliphatic hydroxyl groups excluding tert-OH is 1. The van der Waals surface area contributed by atoms with Crippen LogP contribution in [0.3, 0.4) is 0 Å². The van der Waals surface area contributed by atoms with E-state index in [-0.39, 0.29) is 41.8 Å². The number of allylic oxidation sites excluding steroid dienone is 4. The summed E-state index contributed by atoms with van der Waals surface area (Å²) in [4.78, 5) is 25.1. The van der Waals surface area contributed by atoms with E-state index in [1.807, 2.05) is 20.8 Å². The number of hydrogen-bond donors (Lipinski definition) is 2. The number of esters is 1. The maximum atomic E-state index is 17.3. The van der Waals surface area contributed by atoms with Crippen molar-refractivity contribution in [1.82, 2.24) is 0 Å². The summed E-state index contributed by atoms with van der Waals surface area (Å²) in [6.45, 7) is 7.27. The zero-order valence-corrected chi connectivity index (χ0v) is 21.2. The maximum absolute atomic E-state index is 17.3. The van der Waals surface area contributed by atoms with E-state index in [9.17, 15) is 14.7 Å². The molecule has 0 radical (unpaired) electrons. The molecule has 1 aromatic rings. The van der Waals surface area contributed by atoms with Gasteiger partial charge in [0.15, 0.2) is 11.5 Å². The van der Waals surface area contributed by atoms with E-state index in [2.05, 4.69) is 0 Å². The fourth-order valence-corrected chi connectivity index (χ4v) is 8.95. The van der Waals surface area contributed by atoms with E-state index < -0.39 is 51.5 Å². The molecule has 1 heterocycles. The van der Waals surface area contributed by atoms with Crippen LogP contribution in [0, 0.1) is 28.6 Å². The quantitative estimate of drug-likeness (QED) is 0.443. The first-order chi connectivity index (χ1) is 16.3. The second-order valence-electron chi connectivity index (χ2n) is 11.3. The molecule has 4 unspecified atom stereocenters. The van der Waals surface area contributed by atoms with E-state index in [0.717, 1.165) is 0 Å². The highest BCUT2D eigenvalue weighted by atomic mass is 32.1. The van der Waals surface area contributed by atoms with Crippen LogP contribution in [0.25, 0.3) is 0 Å². The Labute approximate surface area is 209 Å². The standard InChI is InChI=1S/C27H32F2O5S/c1-14-10-17-18-12-20(28)19-11-16(30)7-8-24(19,3)26(18,29)22(31)13-25(17,4)27(14,15(2)35)34-23(32)21-6-5-9-33-21/h5-9,11,14-15,17-18,20,22,31,35H,10,12-13H2,1-4H3/t14?,15?,17?,18?,20-,22-,24-,25-,26-,27-/m0/s1. The molecule has 4 aliphatic rings. The van der Waals surface area contributed by atoms with Crippen LogP contribution in [-0.4, -0.2) is 45.7 Å². The number of fused-ring (bicyclic) bond motifs is 5. The zero-order valence-electron chi connectivity index (χ0n) is 20.3. The van der Waals surface area contributed by atoms with Gasteiger partial charge in [0, 0.05) is 22.0 Å². The molecule has 4 aliphatic carbocycles. The summed E-state index contributed by atoms with van der Waals surface area (Å²) in [7, 11) is 0. The van der Waals surface area contributed by atoms with Crippen molar-refractivity contribution in [2.45, 2.75) is 75.8 Å². The van der Waals surface area contributed by atoms with Gasteiger partial charge in [0.1, 0.15) is 11.8 Å². The summed E-state index contributed by atoms with van der Waals surface area (Å²) in [5.74, 6) is -2.43. The van der Waals surface area contributed by atoms with Crippen LogP contribution >= 0.6 is 12.6 Å². The summed E-state index contributed by atoms with van der Waals surface area (Å²) in [6.07, 6.45) is 2.63. The number of halogens is 2. The molecule has 35 heavy (non-hydrogen) atoms. The first kappa shape index (κ1) is 24.8. The minimum Gasteiger partial charge on any atom is -0.457 e. The molecule has 1 N–H and O–H groups in total. The Morgan fingerprint density at radius 1 is 1.31 bits per heavy atom. The van der Waals surface area contributed by atoms with Crippen LogP contribution in [0.4, 0.5) is 8.78 Å². The van der Waals surface area contributed by atoms with Gasteiger partial charge >= 0.3 is 5.97 Å². The SMILES string of the molecule is CC(S)[C@@]1(OC(=O)c2ccco2)C(C)CC2C3C[C@H](F)C4=CC(=O)C=C[C@]4(C)[C@@]3(F)[C@@H](O)C[C@@]21C. The third-order valence-electron chi connectivity index (χ3n) is 9.86. The van der Waals surface area contributed by atoms with Crippen molar-refractivity contribution in [3.8, 4) is 0 Å². The molecule has 0 bridgehead atoms. The second kappa shape index (κ2) is 7.78. The van der Waals surface area contributed by atoms with Crippen LogP contribution in [0.15, 0.2) is 46.6 Å². The highest BCUT2D eigenvalue weighted by Gasteiger charge is 2.77. The number of carbonyl (C=O) groups excluding carboxylic acids is 2. The van der Waals surface area contributed by atoms with Gasteiger partial charge < -0.3 is 14.3 Å². The molecule has 3 fully saturated rings. The van der Waals surface area contributed by atoms with Gasteiger partial charge in [-0.25, -0.2) is 13.6 Å². The summed E-state index contributed by atoms with van der Waals surface area (Å²) in [6, 6.07) is 3.11. The van der Waals surface area contributed by atoms with Crippen molar-refractivity contribution in [2.75, 3.05) is 0 Å². The summed E-state index contributed by atoms with van der Waals surface area (Å²) < 4.78 is 44.4. The Balaban J connectivity index is 1.62. The maximum Gasteiger partial charge on any atom is 0.374 e. The Morgan fingerprint density at radius 3 is 2.66 bits per heavy atom. The number of ketones is 1. The number of furan rings is 1. The molecule has 10 atom stereocenters. The molecule has 0 spiro atoms. The van der Waals surface area contributed by atoms with Crippen LogP contribution < -0.4 is 0 Å². The van der Waals surface area contributed by atoms with Crippen LogP contribution in [0.1, 0.15) is 57.5 Å². The Kier molecular flexibility index (Phi) is 5.50. The molecule has 0 aliphatic heterocycles. The number of ether oxygens (including phenoxy) is 1. The molecule has 5 rings (SSSR count). The van der Waals surface area contributed by atoms with Gasteiger partial charge in [0.05, 0.1) is 12.4 Å². The lowest BCUT2D eigenvalue weighted by atomic mass is 9.44. The zero-order chi connectivity index (χ0) is 25.6. The molecular weight excluding hydrogens is 474 g/mol. The topological polar surface area (TPSA) is 76.7 Å². The van der Waals surface area contributed by atoms with Crippen molar-refractivity contribution >= 4 is 24.4 Å². The van der Waals surface area contributed by atoms with Gasteiger partial charge in [-0.1, -0.05) is 19.9 Å². The lowest BCUT2D eigenvalue weighted by Gasteiger charge is -2.63. The van der Waals surface area contributed by atoms with E-state index in [4.69, 9.17) is 21.8 Å².